The number of ether oxygens (including phenoxy) is 1. The van der Waals surface area contributed by atoms with Gasteiger partial charge in [0.25, 0.3) is 5.91 Å². The van der Waals surface area contributed by atoms with Gasteiger partial charge in [-0.1, -0.05) is 12.1 Å². The number of nitrogens with one attached hydrogen (secondary N) is 1. The van der Waals surface area contributed by atoms with Crippen LogP contribution in [0.2, 0.25) is 0 Å². The number of carbonyl (C=O) groups is 1. The zero-order valence-electron chi connectivity index (χ0n) is 12.9. The van der Waals surface area contributed by atoms with Crippen LogP contribution in [0.15, 0.2) is 42.5 Å². The summed E-state index contributed by atoms with van der Waals surface area (Å²) in [5, 5.41) is 2.95. The molecule has 0 heterocycles. The number of benzene rings is 2. The van der Waals surface area contributed by atoms with Crippen LogP contribution >= 0.6 is 0 Å². The predicted molar refractivity (Wildman–Crippen MR) is 86.1 cm³/mol. The lowest BCUT2D eigenvalue weighted by atomic mass is 10.1. The Hall–Kier alpha value is -2.29. The molecule has 0 unspecified atom stereocenters. The maximum Gasteiger partial charge on any atom is 0.255 e. The Morgan fingerprint density at radius 2 is 1.71 bits per heavy atom. The van der Waals surface area contributed by atoms with Crippen molar-refractivity contribution in [2.24, 2.45) is 0 Å². The summed E-state index contributed by atoms with van der Waals surface area (Å²) in [5.74, 6) is 0.660. The van der Waals surface area contributed by atoms with Crippen LogP contribution in [0.25, 0.3) is 0 Å². The molecule has 2 aromatic rings. The Balaban J connectivity index is 2.11. The molecule has 0 saturated heterocycles. The van der Waals surface area contributed by atoms with Gasteiger partial charge in [-0.3, -0.25) is 4.79 Å². The fraction of sp³-hybridized carbons (Fsp3) is 0.278. The third-order valence-electron chi connectivity index (χ3n) is 3.34. The van der Waals surface area contributed by atoms with Crippen LogP contribution < -0.4 is 10.1 Å². The van der Waals surface area contributed by atoms with Crippen molar-refractivity contribution in [1.82, 2.24) is 0 Å². The summed E-state index contributed by atoms with van der Waals surface area (Å²) < 4.78 is 5.57. The molecule has 21 heavy (non-hydrogen) atoms. The lowest BCUT2D eigenvalue weighted by Crippen LogP contribution is -2.13. The Bertz CT molecular complexity index is 630. The number of amides is 1. The second-order valence-corrected chi connectivity index (χ2v) is 5.39. The van der Waals surface area contributed by atoms with Crippen LogP contribution in [0.1, 0.15) is 35.3 Å². The first-order chi connectivity index (χ1) is 9.97. The minimum atomic E-state index is -0.111. The second-order valence-electron chi connectivity index (χ2n) is 5.39. The maximum absolute atomic E-state index is 12.3. The third kappa shape index (κ3) is 3.85. The summed E-state index contributed by atoms with van der Waals surface area (Å²) in [5.41, 5.74) is 3.72. The van der Waals surface area contributed by atoms with Crippen molar-refractivity contribution in [3.8, 4) is 5.75 Å². The van der Waals surface area contributed by atoms with Crippen LogP contribution in [-0.4, -0.2) is 12.0 Å². The molecule has 0 radical (unpaired) electrons. The zero-order valence-corrected chi connectivity index (χ0v) is 12.9. The normalized spacial score (nSPS) is 10.5. The Morgan fingerprint density at radius 1 is 1.05 bits per heavy atom. The molecule has 1 N–H and O–H groups in total. The van der Waals surface area contributed by atoms with Crippen LogP contribution in [0.4, 0.5) is 5.69 Å². The summed E-state index contributed by atoms with van der Waals surface area (Å²) in [4.78, 5) is 12.3. The SMILES string of the molecule is Cc1cccc(NC(=O)c2ccc(OC(C)C)cc2)c1C. The number of hydrogen-bond acceptors (Lipinski definition) is 2. The van der Waals surface area contributed by atoms with Crippen LogP contribution in [0.5, 0.6) is 5.75 Å². The Labute approximate surface area is 126 Å². The van der Waals surface area contributed by atoms with Gasteiger partial charge >= 0.3 is 0 Å². The topological polar surface area (TPSA) is 38.3 Å². The highest BCUT2D eigenvalue weighted by molar-refractivity contribution is 6.04. The van der Waals surface area contributed by atoms with E-state index in [4.69, 9.17) is 4.74 Å². The number of carbonyl (C=O) groups excluding carboxylic acids is 1. The number of anilines is 1. The molecule has 3 nitrogen and oxygen atoms in total. The van der Waals surface area contributed by atoms with Crippen molar-refractivity contribution in [3.63, 3.8) is 0 Å². The molecular formula is C18H21NO2. The van der Waals surface area contributed by atoms with Gasteiger partial charge in [-0.25, -0.2) is 0 Å². The van der Waals surface area contributed by atoms with E-state index in [0.717, 1.165) is 22.6 Å². The molecule has 0 aliphatic carbocycles. The smallest absolute Gasteiger partial charge is 0.255 e. The monoisotopic (exact) mass is 283 g/mol. The van der Waals surface area contributed by atoms with Crippen molar-refractivity contribution in [2.75, 3.05) is 5.32 Å². The summed E-state index contributed by atoms with van der Waals surface area (Å²) in [6.45, 7) is 7.98. The van der Waals surface area contributed by atoms with Crippen molar-refractivity contribution in [1.29, 1.82) is 0 Å². The standard InChI is InChI=1S/C18H21NO2/c1-12(2)21-16-10-8-15(9-11-16)18(20)19-17-7-5-6-13(3)14(17)4/h5-12H,1-4H3,(H,19,20). The summed E-state index contributed by atoms with van der Waals surface area (Å²) in [6.07, 6.45) is 0.125. The number of rotatable bonds is 4. The first-order valence-electron chi connectivity index (χ1n) is 7.11. The molecule has 0 fully saturated rings. The molecule has 0 atom stereocenters. The average Bonchev–Trinajstić information content (AvgIpc) is 2.44. The minimum absolute atomic E-state index is 0.111. The molecule has 0 bridgehead atoms. The molecule has 0 aliphatic rings. The van der Waals surface area contributed by atoms with Gasteiger partial charge in [-0.2, -0.15) is 0 Å². The van der Waals surface area contributed by atoms with Crippen LogP contribution in [-0.2, 0) is 0 Å². The summed E-state index contributed by atoms with van der Waals surface area (Å²) >= 11 is 0. The number of aryl methyl sites for hydroxylation is 1. The molecular weight excluding hydrogens is 262 g/mol. The predicted octanol–water partition coefficient (Wildman–Crippen LogP) is 4.34. The first kappa shape index (κ1) is 15.1. The van der Waals surface area contributed by atoms with E-state index in [1.165, 1.54) is 0 Å². The van der Waals surface area contributed by atoms with Gasteiger partial charge < -0.3 is 10.1 Å². The minimum Gasteiger partial charge on any atom is -0.491 e. The maximum atomic E-state index is 12.3. The van der Waals surface area contributed by atoms with Crippen molar-refractivity contribution in [3.05, 3.63) is 59.2 Å². The quantitative estimate of drug-likeness (QED) is 0.906. The first-order valence-corrected chi connectivity index (χ1v) is 7.11. The fourth-order valence-electron chi connectivity index (χ4n) is 2.04. The lowest BCUT2D eigenvalue weighted by Gasteiger charge is -2.12. The zero-order chi connectivity index (χ0) is 15.4. The molecule has 3 heteroatoms. The largest absolute Gasteiger partial charge is 0.491 e. The fourth-order valence-corrected chi connectivity index (χ4v) is 2.04. The van der Waals surface area contributed by atoms with E-state index in [-0.39, 0.29) is 12.0 Å². The Kier molecular flexibility index (Phi) is 4.63. The number of hydrogen-bond donors (Lipinski definition) is 1. The van der Waals surface area contributed by atoms with E-state index in [1.54, 1.807) is 12.1 Å². The van der Waals surface area contributed by atoms with Gasteiger partial charge in [0, 0.05) is 11.3 Å². The van der Waals surface area contributed by atoms with Gasteiger partial charge in [0.1, 0.15) is 5.75 Å². The van der Waals surface area contributed by atoms with E-state index < -0.39 is 0 Å². The van der Waals surface area contributed by atoms with E-state index >= 15 is 0 Å². The van der Waals surface area contributed by atoms with Gasteiger partial charge in [0.15, 0.2) is 0 Å². The van der Waals surface area contributed by atoms with Gasteiger partial charge in [-0.05, 0) is 69.2 Å². The highest BCUT2D eigenvalue weighted by Gasteiger charge is 2.09. The van der Waals surface area contributed by atoms with Crippen LogP contribution in [0.3, 0.4) is 0 Å². The van der Waals surface area contributed by atoms with Crippen molar-refractivity contribution in [2.45, 2.75) is 33.8 Å². The van der Waals surface area contributed by atoms with Gasteiger partial charge in [0.05, 0.1) is 6.10 Å². The molecule has 110 valence electrons. The van der Waals surface area contributed by atoms with Crippen LogP contribution in [0, 0.1) is 13.8 Å². The molecule has 0 spiro atoms. The molecule has 2 rings (SSSR count). The molecule has 2 aromatic carbocycles. The average molecular weight is 283 g/mol. The van der Waals surface area contributed by atoms with E-state index in [1.807, 2.05) is 58.0 Å². The van der Waals surface area contributed by atoms with E-state index in [0.29, 0.717) is 5.56 Å². The van der Waals surface area contributed by atoms with Crippen molar-refractivity contribution < 1.29 is 9.53 Å². The molecule has 1 amide bonds. The second kappa shape index (κ2) is 6.44. The molecule has 0 saturated carbocycles. The van der Waals surface area contributed by atoms with Crippen molar-refractivity contribution >= 4 is 11.6 Å². The lowest BCUT2D eigenvalue weighted by molar-refractivity contribution is 0.102. The summed E-state index contributed by atoms with van der Waals surface area (Å²) in [7, 11) is 0. The highest BCUT2D eigenvalue weighted by Crippen LogP contribution is 2.20. The summed E-state index contributed by atoms with van der Waals surface area (Å²) in [6, 6.07) is 13.1. The van der Waals surface area contributed by atoms with E-state index in [2.05, 4.69) is 5.32 Å². The molecule has 0 aromatic heterocycles. The third-order valence-corrected chi connectivity index (χ3v) is 3.34. The molecule has 0 aliphatic heterocycles. The Morgan fingerprint density at radius 3 is 2.33 bits per heavy atom. The van der Waals surface area contributed by atoms with Gasteiger partial charge in [0.2, 0.25) is 0 Å². The highest BCUT2D eigenvalue weighted by atomic mass is 16.5. The van der Waals surface area contributed by atoms with Gasteiger partial charge in [-0.15, -0.1) is 0 Å². The van der Waals surface area contributed by atoms with E-state index in [9.17, 15) is 4.79 Å².